The number of rotatable bonds is 4. The van der Waals surface area contributed by atoms with Crippen molar-refractivity contribution in [1.29, 1.82) is 0 Å². The van der Waals surface area contributed by atoms with Gasteiger partial charge < -0.3 is 10.1 Å². The van der Waals surface area contributed by atoms with E-state index >= 15 is 0 Å². The third kappa shape index (κ3) is 4.13. The van der Waals surface area contributed by atoms with Crippen LogP contribution < -0.4 is 10.1 Å². The highest BCUT2D eigenvalue weighted by atomic mass is 35.5. The highest BCUT2D eigenvalue weighted by Crippen LogP contribution is 2.23. The number of methoxy groups -OCH3 is 1. The van der Waals surface area contributed by atoms with E-state index in [4.69, 9.17) is 16.3 Å². The van der Waals surface area contributed by atoms with Crippen LogP contribution in [0.4, 0.5) is 0 Å². The highest BCUT2D eigenvalue weighted by molar-refractivity contribution is 6.20. The molecular formula is C15H20ClNO2. The van der Waals surface area contributed by atoms with Gasteiger partial charge in [0.2, 0.25) is 5.91 Å². The van der Waals surface area contributed by atoms with Gasteiger partial charge in [-0.15, -0.1) is 11.6 Å². The summed E-state index contributed by atoms with van der Waals surface area (Å²) in [6.07, 6.45) is 4.30. The Morgan fingerprint density at radius 2 is 2.00 bits per heavy atom. The zero-order valence-corrected chi connectivity index (χ0v) is 12.0. The lowest BCUT2D eigenvalue weighted by molar-refractivity contribution is -0.121. The van der Waals surface area contributed by atoms with E-state index in [0.717, 1.165) is 37.0 Å². The van der Waals surface area contributed by atoms with Gasteiger partial charge in [-0.2, -0.15) is 0 Å². The number of ether oxygens (including phenoxy) is 1. The molecule has 0 aliphatic heterocycles. The molecule has 0 atom stereocenters. The lowest BCUT2D eigenvalue weighted by Crippen LogP contribution is -2.38. The minimum Gasteiger partial charge on any atom is -0.496 e. The Labute approximate surface area is 119 Å². The maximum Gasteiger partial charge on any atom is 0.224 e. The predicted molar refractivity (Wildman–Crippen MR) is 76.7 cm³/mol. The first-order chi connectivity index (χ1) is 9.19. The van der Waals surface area contributed by atoms with E-state index in [-0.39, 0.29) is 17.3 Å². The van der Waals surface area contributed by atoms with Crippen molar-refractivity contribution >= 4 is 17.5 Å². The molecule has 1 aromatic rings. The zero-order valence-electron chi connectivity index (χ0n) is 11.2. The largest absolute Gasteiger partial charge is 0.496 e. The lowest BCUT2D eigenvalue weighted by Gasteiger charge is -2.25. The van der Waals surface area contributed by atoms with E-state index in [9.17, 15) is 4.79 Å². The summed E-state index contributed by atoms with van der Waals surface area (Å²) in [5.41, 5.74) is 0.925. The highest BCUT2D eigenvalue weighted by Gasteiger charge is 2.21. The fourth-order valence-corrected chi connectivity index (χ4v) is 2.75. The number of hydrogen-bond acceptors (Lipinski definition) is 2. The predicted octanol–water partition coefficient (Wildman–Crippen LogP) is 2.90. The van der Waals surface area contributed by atoms with Crippen molar-refractivity contribution in [3.8, 4) is 5.75 Å². The van der Waals surface area contributed by atoms with Gasteiger partial charge in [0.1, 0.15) is 5.75 Å². The van der Waals surface area contributed by atoms with Crippen LogP contribution in [-0.4, -0.2) is 24.4 Å². The molecule has 1 fully saturated rings. The number of halogens is 1. The van der Waals surface area contributed by atoms with Crippen LogP contribution in [0, 0.1) is 0 Å². The SMILES string of the molecule is COc1ccccc1CC(=O)NC1CCC(Cl)CC1. The van der Waals surface area contributed by atoms with Crippen molar-refractivity contribution in [2.24, 2.45) is 0 Å². The summed E-state index contributed by atoms with van der Waals surface area (Å²) < 4.78 is 5.25. The molecule has 0 spiro atoms. The molecule has 0 aromatic heterocycles. The first-order valence-corrected chi connectivity index (χ1v) is 7.18. The summed E-state index contributed by atoms with van der Waals surface area (Å²) in [7, 11) is 1.62. The Morgan fingerprint density at radius 3 is 2.68 bits per heavy atom. The van der Waals surface area contributed by atoms with E-state index in [2.05, 4.69) is 5.32 Å². The molecule has 1 aliphatic rings. The lowest BCUT2D eigenvalue weighted by atomic mass is 9.95. The molecule has 1 aromatic carbocycles. The van der Waals surface area contributed by atoms with Crippen molar-refractivity contribution in [3.05, 3.63) is 29.8 Å². The maximum absolute atomic E-state index is 12.0. The van der Waals surface area contributed by atoms with Crippen LogP contribution >= 0.6 is 11.6 Å². The van der Waals surface area contributed by atoms with Crippen LogP contribution in [-0.2, 0) is 11.2 Å². The molecule has 0 unspecified atom stereocenters. The smallest absolute Gasteiger partial charge is 0.224 e. The van der Waals surface area contributed by atoms with E-state index in [0.29, 0.717) is 6.42 Å². The van der Waals surface area contributed by atoms with E-state index < -0.39 is 0 Å². The minimum atomic E-state index is 0.0579. The second-order valence-electron chi connectivity index (χ2n) is 5.01. The van der Waals surface area contributed by atoms with Gasteiger partial charge in [0.15, 0.2) is 0 Å². The van der Waals surface area contributed by atoms with Gasteiger partial charge in [0.25, 0.3) is 0 Å². The van der Waals surface area contributed by atoms with Gasteiger partial charge in [-0.3, -0.25) is 4.79 Å². The standard InChI is InChI=1S/C15H20ClNO2/c1-19-14-5-3-2-4-11(14)10-15(18)17-13-8-6-12(16)7-9-13/h2-5,12-13H,6-10H2,1H3,(H,17,18). The minimum absolute atomic E-state index is 0.0579. The fourth-order valence-electron chi connectivity index (χ4n) is 2.50. The van der Waals surface area contributed by atoms with E-state index in [1.165, 1.54) is 0 Å². The average Bonchev–Trinajstić information content (AvgIpc) is 2.42. The van der Waals surface area contributed by atoms with Crippen molar-refractivity contribution in [2.45, 2.75) is 43.5 Å². The van der Waals surface area contributed by atoms with Crippen molar-refractivity contribution in [3.63, 3.8) is 0 Å². The first kappa shape index (κ1) is 14.2. The van der Waals surface area contributed by atoms with Gasteiger partial charge in [-0.25, -0.2) is 0 Å². The van der Waals surface area contributed by atoms with E-state index in [1.54, 1.807) is 7.11 Å². The zero-order chi connectivity index (χ0) is 13.7. The fraction of sp³-hybridized carbons (Fsp3) is 0.533. The Bertz CT molecular complexity index is 428. The molecule has 0 radical (unpaired) electrons. The molecular weight excluding hydrogens is 262 g/mol. The molecule has 104 valence electrons. The van der Waals surface area contributed by atoms with Crippen LogP contribution in [0.25, 0.3) is 0 Å². The van der Waals surface area contributed by atoms with Gasteiger partial charge in [0, 0.05) is 17.0 Å². The third-order valence-corrected chi connectivity index (χ3v) is 4.00. The summed E-state index contributed by atoms with van der Waals surface area (Å²) in [6.45, 7) is 0. The van der Waals surface area contributed by atoms with Gasteiger partial charge in [-0.05, 0) is 31.7 Å². The van der Waals surface area contributed by atoms with Crippen LogP contribution in [0.1, 0.15) is 31.2 Å². The Balaban J connectivity index is 1.87. The molecule has 4 heteroatoms. The van der Waals surface area contributed by atoms with Crippen molar-refractivity contribution in [1.82, 2.24) is 5.32 Å². The number of benzene rings is 1. The Hall–Kier alpha value is -1.22. The molecule has 0 heterocycles. The molecule has 0 bridgehead atoms. The molecule has 1 amide bonds. The number of nitrogens with one attached hydrogen (secondary N) is 1. The number of carbonyl (C=O) groups is 1. The summed E-state index contributed by atoms with van der Waals surface area (Å²) in [5, 5.41) is 3.37. The molecule has 19 heavy (non-hydrogen) atoms. The molecule has 0 saturated heterocycles. The summed E-state index contributed by atoms with van der Waals surface area (Å²) >= 11 is 6.06. The van der Waals surface area contributed by atoms with Crippen LogP contribution in [0.2, 0.25) is 0 Å². The molecule has 3 nitrogen and oxygen atoms in total. The normalized spacial score (nSPS) is 22.8. The second kappa shape index (κ2) is 6.80. The van der Waals surface area contributed by atoms with Gasteiger partial charge in [0.05, 0.1) is 13.5 Å². The quantitative estimate of drug-likeness (QED) is 0.862. The van der Waals surface area contributed by atoms with Crippen LogP contribution in [0.15, 0.2) is 24.3 Å². The Kier molecular flexibility index (Phi) is 5.08. The maximum atomic E-state index is 12.0. The average molecular weight is 282 g/mol. The molecule has 1 aliphatic carbocycles. The first-order valence-electron chi connectivity index (χ1n) is 6.74. The summed E-state index contributed by atoms with van der Waals surface area (Å²) in [5.74, 6) is 0.824. The van der Waals surface area contributed by atoms with Crippen LogP contribution in [0.3, 0.4) is 0 Å². The van der Waals surface area contributed by atoms with E-state index in [1.807, 2.05) is 24.3 Å². The number of alkyl halides is 1. The monoisotopic (exact) mass is 281 g/mol. The number of amides is 1. The van der Waals surface area contributed by atoms with Crippen molar-refractivity contribution in [2.75, 3.05) is 7.11 Å². The number of carbonyl (C=O) groups excluding carboxylic acids is 1. The Morgan fingerprint density at radius 1 is 1.32 bits per heavy atom. The molecule has 1 N–H and O–H groups in total. The molecule has 1 saturated carbocycles. The summed E-state index contributed by atoms with van der Waals surface area (Å²) in [6, 6.07) is 7.90. The summed E-state index contributed by atoms with van der Waals surface area (Å²) in [4.78, 5) is 12.0. The molecule has 2 rings (SSSR count). The number of hydrogen-bond donors (Lipinski definition) is 1. The third-order valence-electron chi connectivity index (χ3n) is 3.57. The topological polar surface area (TPSA) is 38.3 Å². The second-order valence-corrected chi connectivity index (χ2v) is 5.62. The van der Waals surface area contributed by atoms with Crippen LogP contribution in [0.5, 0.6) is 5.75 Å². The van der Waals surface area contributed by atoms with Gasteiger partial charge >= 0.3 is 0 Å². The number of para-hydroxylation sites is 1. The van der Waals surface area contributed by atoms with Crippen molar-refractivity contribution < 1.29 is 9.53 Å². The van der Waals surface area contributed by atoms with Gasteiger partial charge in [-0.1, -0.05) is 18.2 Å².